The van der Waals surface area contributed by atoms with Crippen molar-refractivity contribution in [3.05, 3.63) is 51.5 Å². The van der Waals surface area contributed by atoms with Crippen LogP contribution in [0.4, 0.5) is 0 Å². The van der Waals surface area contributed by atoms with Crippen molar-refractivity contribution in [2.45, 2.75) is 46.8 Å². The van der Waals surface area contributed by atoms with Crippen molar-refractivity contribution in [1.82, 2.24) is 10.3 Å². The summed E-state index contributed by atoms with van der Waals surface area (Å²) in [5.41, 5.74) is 2.87. The molecule has 0 saturated heterocycles. The van der Waals surface area contributed by atoms with Gasteiger partial charge in [0.1, 0.15) is 34.6 Å². The van der Waals surface area contributed by atoms with Crippen molar-refractivity contribution in [1.29, 1.82) is 0 Å². The first-order valence-corrected chi connectivity index (χ1v) is 9.60. The van der Waals surface area contributed by atoms with Crippen molar-refractivity contribution >= 4 is 40.2 Å². The van der Waals surface area contributed by atoms with Crippen LogP contribution in [0.15, 0.2) is 29.6 Å². The molecule has 1 atom stereocenters. The number of aromatic nitrogens is 1. The maximum absolute atomic E-state index is 12.5. The lowest BCUT2D eigenvalue weighted by Gasteiger charge is -2.23. The van der Waals surface area contributed by atoms with Crippen molar-refractivity contribution in [3.8, 4) is 0 Å². The van der Waals surface area contributed by atoms with Crippen LogP contribution in [-0.2, 0) is 20.9 Å². The number of amides is 1. The summed E-state index contributed by atoms with van der Waals surface area (Å²) >= 11 is 3.43. The van der Waals surface area contributed by atoms with Crippen LogP contribution in [-0.4, -0.2) is 10.9 Å². The highest BCUT2D eigenvalue weighted by molar-refractivity contribution is 14.1. The second-order valence-corrected chi connectivity index (χ2v) is 8.41. The maximum Gasteiger partial charge on any atom is 0.225 e. The quantitative estimate of drug-likeness (QED) is 0.635. The van der Waals surface area contributed by atoms with Crippen molar-refractivity contribution in [2.24, 2.45) is 5.41 Å². The summed E-state index contributed by atoms with van der Waals surface area (Å²) in [6.07, 6.45) is 0.722. The van der Waals surface area contributed by atoms with E-state index < -0.39 is 5.41 Å². The van der Waals surface area contributed by atoms with Crippen LogP contribution in [0.1, 0.15) is 48.6 Å². The van der Waals surface area contributed by atoms with Gasteiger partial charge in [0.2, 0.25) is 5.91 Å². The standard InChI is InChI=1S/C18H23IN2O2S/c1-12-5-7-13(8-6-12)9-15(21-17(22)18(2,3)4)16-20-14(10-23-19)11-24-16/h5-8,11,15H,9-10H2,1-4H3,(H,21,22)/t15-/m0/s1. The van der Waals surface area contributed by atoms with Gasteiger partial charge >= 0.3 is 0 Å². The van der Waals surface area contributed by atoms with Gasteiger partial charge in [-0.2, -0.15) is 0 Å². The molecule has 0 aliphatic carbocycles. The van der Waals surface area contributed by atoms with Crippen LogP contribution >= 0.6 is 34.3 Å². The zero-order valence-corrected chi connectivity index (χ0v) is 17.4. The van der Waals surface area contributed by atoms with E-state index in [0.29, 0.717) is 6.61 Å². The van der Waals surface area contributed by atoms with Gasteiger partial charge in [0.05, 0.1) is 11.7 Å². The van der Waals surface area contributed by atoms with E-state index in [1.807, 2.05) is 49.2 Å². The molecule has 4 nitrogen and oxygen atoms in total. The van der Waals surface area contributed by atoms with Crippen molar-refractivity contribution in [2.75, 3.05) is 0 Å². The zero-order valence-electron chi connectivity index (χ0n) is 14.4. The topological polar surface area (TPSA) is 51.2 Å². The largest absolute Gasteiger partial charge is 0.346 e. The predicted molar refractivity (Wildman–Crippen MR) is 106 cm³/mol. The molecule has 2 rings (SSSR count). The molecule has 0 unspecified atom stereocenters. The highest BCUT2D eigenvalue weighted by Crippen LogP contribution is 2.25. The number of halogens is 1. The smallest absolute Gasteiger partial charge is 0.225 e. The summed E-state index contributed by atoms with van der Waals surface area (Å²) < 4.78 is 5.11. The first-order chi connectivity index (χ1) is 11.3. The van der Waals surface area contributed by atoms with Crippen LogP contribution < -0.4 is 5.32 Å². The molecule has 2 aromatic rings. The van der Waals surface area contributed by atoms with Gasteiger partial charge < -0.3 is 8.38 Å². The minimum atomic E-state index is -0.434. The van der Waals surface area contributed by atoms with Crippen LogP contribution in [0, 0.1) is 12.3 Å². The lowest BCUT2D eigenvalue weighted by atomic mass is 9.94. The SMILES string of the molecule is Cc1ccc(C[C@H](NC(=O)C(C)(C)C)c2nc(COI)cs2)cc1. The fraction of sp³-hybridized carbons (Fsp3) is 0.444. The van der Waals surface area contributed by atoms with Crippen LogP contribution in [0.25, 0.3) is 0 Å². The highest BCUT2D eigenvalue weighted by atomic mass is 127. The zero-order chi connectivity index (χ0) is 17.7. The summed E-state index contributed by atoms with van der Waals surface area (Å²) in [6, 6.07) is 8.26. The molecule has 0 saturated carbocycles. The van der Waals surface area contributed by atoms with Gasteiger partial charge in [-0.1, -0.05) is 50.6 Å². The van der Waals surface area contributed by atoms with E-state index in [-0.39, 0.29) is 11.9 Å². The first-order valence-electron chi connectivity index (χ1n) is 7.84. The van der Waals surface area contributed by atoms with Gasteiger partial charge in [0, 0.05) is 10.8 Å². The van der Waals surface area contributed by atoms with Gasteiger partial charge in [0.15, 0.2) is 0 Å². The van der Waals surface area contributed by atoms with E-state index in [9.17, 15) is 4.79 Å². The Kier molecular flexibility index (Phi) is 6.77. The second-order valence-electron chi connectivity index (χ2n) is 6.90. The molecular formula is C18H23IN2O2S. The molecule has 24 heavy (non-hydrogen) atoms. The van der Waals surface area contributed by atoms with E-state index in [1.165, 1.54) is 11.1 Å². The number of carbonyl (C=O) groups is 1. The Labute approximate surface area is 161 Å². The molecule has 1 heterocycles. The van der Waals surface area contributed by atoms with Gasteiger partial charge in [-0.15, -0.1) is 11.3 Å². The molecule has 130 valence electrons. The van der Waals surface area contributed by atoms with E-state index in [1.54, 1.807) is 11.3 Å². The van der Waals surface area contributed by atoms with E-state index >= 15 is 0 Å². The number of carbonyl (C=O) groups excluding carboxylic acids is 1. The summed E-state index contributed by atoms with van der Waals surface area (Å²) in [6.45, 7) is 8.30. The lowest BCUT2D eigenvalue weighted by Crippen LogP contribution is -2.38. The molecular weight excluding hydrogens is 435 g/mol. The monoisotopic (exact) mass is 458 g/mol. The molecule has 0 radical (unpaired) electrons. The van der Waals surface area contributed by atoms with Gasteiger partial charge in [-0.3, -0.25) is 4.79 Å². The average Bonchev–Trinajstić information content (AvgIpc) is 2.96. The van der Waals surface area contributed by atoms with E-state index in [4.69, 9.17) is 3.07 Å². The number of benzene rings is 1. The highest BCUT2D eigenvalue weighted by Gasteiger charge is 2.26. The first kappa shape index (κ1) is 19.3. The third-order valence-corrected chi connectivity index (χ3v) is 4.94. The van der Waals surface area contributed by atoms with Gasteiger partial charge in [-0.05, 0) is 18.9 Å². The number of hydrogen-bond donors (Lipinski definition) is 1. The minimum Gasteiger partial charge on any atom is -0.346 e. The van der Waals surface area contributed by atoms with Crippen LogP contribution in [0.3, 0.4) is 0 Å². The molecule has 1 aromatic heterocycles. The minimum absolute atomic E-state index is 0.0292. The number of nitrogens with zero attached hydrogens (tertiary/aromatic N) is 1. The summed E-state index contributed by atoms with van der Waals surface area (Å²) in [4.78, 5) is 17.1. The Morgan fingerprint density at radius 3 is 2.58 bits per heavy atom. The second kappa shape index (κ2) is 8.40. The number of nitrogens with one attached hydrogen (secondary N) is 1. The fourth-order valence-electron chi connectivity index (χ4n) is 2.14. The Morgan fingerprint density at radius 1 is 1.33 bits per heavy atom. The van der Waals surface area contributed by atoms with Crippen molar-refractivity contribution < 1.29 is 7.86 Å². The maximum atomic E-state index is 12.5. The van der Waals surface area contributed by atoms with Gasteiger partial charge in [0.25, 0.3) is 0 Å². The summed E-state index contributed by atoms with van der Waals surface area (Å²) in [5, 5.41) is 6.06. The molecule has 1 N–H and O–H groups in total. The van der Waals surface area contributed by atoms with Gasteiger partial charge in [-0.25, -0.2) is 4.98 Å². The number of hydrogen-bond acceptors (Lipinski definition) is 4. The van der Waals surface area contributed by atoms with Crippen molar-refractivity contribution in [3.63, 3.8) is 0 Å². The number of thiazole rings is 1. The molecule has 0 bridgehead atoms. The molecule has 1 aromatic carbocycles. The average molecular weight is 458 g/mol. The number of aryl methyl sites for hydroxylation is 1. The summed E-state index contributed by atoms with van der Waals surface area (Å²) in [5.74, 6) is 0.0292. The Morgan fingerprint density at radius 2 is 2.00 bits per heavy atom. The third kappa shape index (κ3) is 5.53. The Bertz CT molecular complexity index is 677. The molecule has 1 amide bonds. The molecule has 6 heteroatoms. The Balaban J connectivity index is 2.22. The van der Waals surface area contributed by atoms with E-state index in [2.05, 4.69) is 41.5 Å². The summed E-state index contributed by atoms with van der Waals surface area (Å²) in [7, 11) is 0. The Hall–Kier alpha value is -0.990. The van der Waals surface area contributed by atoms with E-state index in [0.717, 1.165) is 17.1 Å². The third-order valence-electron chi connectivity index (χ3n) is 3.62. The normalized spacial score (nSPS) is 12.9. The van der Waals surface area contributed by atoms with Crippen LogP contribution in [0.5, 0.6) is 0 Å². The lowest BCUT2D eigenvalue weighted by molar-refractivity contribution is -0.129. The molecule has 0 aliphatic heterocycles. The molecule has 0 spiro atoms. The number of rotatable bonds is 6. The molecule has 0 fully saturated rings. The molecule has 0 aliphatic rings. The van der Waals surface area contributed by atoms with Crippen LogP contribution in [0.2, 0.25) is 0 Å². The fourth-order valence-corrected chi connectivity index (χ4v) is 3.31. The predicted octanol–water partition coefficient (Wildman–Crippen LogP) is 4.76.